The van der Waals surface area contributed by atoms with E-state index in [2.05, 4.69) is 10.6 Å². The third kappa shape index (κ3) is 5.97. The summed E-state index contributed by atoms with van der Waals surface area (Å²) < 4.78 is 10.3. The Hall–Kier alpha value is -2.73. The third-order valence-electron chi connectivity index (χ3n) is 3.61. The van der Waals surface area contributed by atoms with E-state index in [-0.39, 0.29) is 12.3 Å². The van der Waals surface area contributed by atoms with Crippen LogP contribution in [0, 0.1) is 0 Å². The first-order valence-corrected chi connectivity index (χ1v) is 8.42. The predicted molar refractivity (Wildman–Crippen MR) is 101 cm³/mol. The first kappa shape index (κ1) is 19.6. The number of nitrogens with one attached hydrogen (secondary N) is 2. The van der Waals surface area contributed by atoms with Gasteiger partial charge in [-0.05, 0) is 36.2 Å². The van der Waals surface area contributed by atoms with Gasteiger partial charge in [-0.3, -0.25) is 9.59 Å². The number of carbonyl (C=O) groups excluding carboxylic acids is 2. The fourth-order valence-corrected chi connectivity index (χ4v) is 2.58. The molecule has 0 spiro atoms. The summed E-state index contributed by atoms with van der Waals surface area (Å²) in [5.41, 5.74) is 1.55. The smallest absolute Gasteiger partial charge is 0.233 e. The molecule has 0 aliphatic carbocycles. The highest BCUT2D eigenvalue weighted by atomic mass is 35.5. The first-order valence-electron chi connectivity index (χ1n) is 8.05. The Morgan fingerprint density at radius 3 is 2.46 bits per heavy atom. The van der Waals surface area contributed by atoms with Gasteiger partial charge in [0.2, 0.25) is 11.8 Å². The van der Waals surface area contributed by atoms with Gasteiger partial charge in [-0.1, -0.05) is 23.7 Å². The van der Waals surface area contributed by atoms with E-state index < -0.39 is 5.91 Å². The molecule has 0 bridgehead atoms. The van der Waals surface area contributed by atoms with E-state index in [9.17, 15) is 9.59 Å². The quantitative estimate of drug-likeness (QED) is 0.694. The van der Waals surface area contributed by atoms with Crippen LogP contribution in [0.3, 0.4) is 0 Å². The van der Waals surface area contributed by atoms with Gasteiger partial charge in [0, 0.05) is 23.3 Å². The summed E-state index contributed by atoms with van der Waals surface area (Å²) in [6.45, 7) is 0.433. The van der Waals surface area contributed by atoms with Crippen molar-refractivity contribution < 1.29 is 19.1 Å². The Balaban J connectivity index is 1.79. The van der Waals surface area contributed by atoms with E-state index in [1.54, 1.807) is 24.3 Å². The molecule has 26 heavy (non-hydrogen) atoms. The molecule has 2 aromatic carbocycles. The lowest BCUT2D eigenvalue weighted by Gasteiger charge is -2.10. The van der Waals surface area contributed by atoms with E-state index >= 15 is 0 Å². The van der Waals surface area contributed by atoms with Crippen molar-refractivity contribution >= 4 is 29.1 Å². The third-order valence-corrected chi connectivity index (χ3v) is 3.85. The largest absolute Gasteiger partial charge is 0.493 e. The summed E-state index contributed by atoms with van der Waals surface area (Å²) >= 11 is 5.92. The zero-order chi connectivity index (χ0) is 18.9. The van der Waals surface area contributed by atoms with Crippen molar-refractivity contribution in [1.82, 2.24) is 5.32 Å². The van der Waals surface area contributed by atoms with E-state index in [1.807, 2.05) is 18.2 Å². The minimum Gasteiger partial charge on any atom is -0.493 e. The van der Waals surface area contributed by atoms with Crippen molar-refractivity contribution in [1.29, 1.82) is 0 Å². The maximum atomic E-state index is 12.0. The summed E-state index contributed by atoms with van der Waals surface area (Å²) in [7, 11) is 3.04. The van der Waals surface area contributed by atoms with Gasteiger partial charge in [0.05, 0.1) is 14.2 Å². The Morgan fingerprint density at radius 2 is 1.77 bits per heavy atom. The molecule has 2 aromatic rings. The minimum atomic E-state index is -0.405. The number of hydrogen-bond donors (Lipinski definition) is 2. The molecule has 0 aliphatic heterocycles. The zero-order valence-corrected chi connectivity index (χ0v) is 15.4. The second-order valence-corrected chi connectivity index (χ2v) is 5.96. The number of carbonyl (C=O) groups is 2. The number of halogens is 1. The van der Waals surface area contributed by atoms with Gasteiger partial charge >= 0.3 is 0 Å². The number of benzene rings is 2. The number of ether oxygens (including phenoxy) is 2. The zero-order valence-electron chi connectivity index (χ0n) is 14.7. The van der Waals surface area contributed by atoms with Crippen molar-refractivity contribution in [2.45, 2.75) is 12.8 Å². The molecule has 0 saturated heterocycles. The molecule has 0 saturated carbocycles. The molecule has 0 radical (unpaired) electrons. The van der Waals surface area contributed by atoms with Crippen LogP contribution in [0.5, 0.6) is 11.5 Å². The summed E-state index contributed by atoms with van der Waals surface area (Å²) in [5.74, 6) is 0.308. The number of amides is 2. The monoisotopic (exact) mass is 376 g/mol. The molecule has 0 heterocycles. The van der Waals surface area contributed by atoms with Gasteiger partial charge in [-0.15, -0.1) is 0 Å². The number of hydrogen-bond acceptors (Lipinski definition) is 4. The SMILES string of the molecule is COc1ccc(NC(=O)CC(=O)NCCc2cccc(Cl)c2)cc1OC. The summed E-state index contributed by atoms with van der Waals surface area (Å²) in [6.07, 6.45) is 0.382. The lowest BCUT2D eigenvalue weighted by atomic mass is 10.1. The fraction of sp³-hybridized carbons (Fsp3) is 0.263. The van der Waals surface area contributed by atoms with Gasteiger partial charge in [0.1, 0.15) is 6.42 Å². The highest BCUT2D eigenvalue weighted by molar-refractivity contribution is 6.30. The van der Waals surface area contributed by atoms with E-state index in [0.717, 1.165) is 5.56 Å². The Kier molecular flexibility index (Phi) is 7.29. The molecular formula is C19H21ClN2O4. The van der Waals surface area contributed by atoms with Gasteiger partial charge in [0.25, 0.3) is 0 Å². The second kappa shape index (κ2) is 9.68. The van der Waals surface area contributed by atoms with Crippen LogP contribution < -0.4 is 20.1 Å². The van der Waals surface area contributed by atoms with Crippen LogP contribution in [0.4, 0.5) is 5.69 Å². The summed E-state index contributed by atoms with van der Waals surface area (Å²) in [6, 6.07) is 12.4. The number of methoxy groups -OCH3 is 2. The molecule has 0 aromatic heterocycles. The lowest BCUT2D eigenvalue weighted by Crippen LogP contribution is -2.29. The Labute approximate surface area is 157 Å². The molecular weight excluding hydrogens is 356 g/mol. The van der Waals surface area contributed by atoms with Crippen LogP contribution in [0.2, 0.25) is 5.02 Å². The molecule has 6 nitrogen and oxygen atoms in total. The van der Waals surface area contributed by atoms with Crippen LogP contribution >= 0.6 is 11.6 Å². The molecule has 0 unspecified atom stereocenters. The molecule has 7 heteroatoms. The lowest BCUT2D eigenvalue weighted by molar-refractivity contribution is -0.126. The van der Waals surface area contributed by atoms with Crippen molar-refractivity contribution in [3.05, 3.63) is 53.1 Å². The van der Waals surface area contributed by atoms with Crippen LogP contribution in [-0.4, -0.2) is 32.6 Å². The summed E-state index contributed by atoms with van der Waals surface area (Å²) in [5, 5.41) is 6.04. The first-order chi connectivity index (χ1) is 12.5. The average Bonchev–Trinajstić information content (AvgIpc) is 2.61. The van der Waals surface area contributed by atoms with Crippen LogP contribution in [0.15, 0.2) is 42.5 Å². The van der Waals surface area contributed by atoms with Gasteiger partial charge in [-0.2, -0.15) is 0 Å². The molecule has 2 rings (SSSR count). The summed E-state index contributed by atoms with van der Waals surface area (Å²) in [4.78, 5) is 23.9. The van der Waals surface area contributed by atoms with Crippen molar-refractivity contribution in [2.24, 2.45) is 0 Å². The number of anilines is 1. The van der Waals surface area contributed by atoms with Gasteiger partial charge < -0.3 is 20.1 Å². The van der Waals surface area contributed by atoms with Gasteiger partial charge in [-0.25, -0.2) is 0 Å². The van der Waals surface area contributed by atoms with E-state index in [0.29, 0.717) is 35.2 Å². The molecule has 2 amide bonds. The minimum absolute atomic E-state index is 0.260. The molecule has 0 fully saturated rings. The van der Waals surface area contributed by atoms with Crippen molar-refractivity contribution in [3.8, 4) is 11.5 Å². The molecule has 138 valence electrons. The molecule has 2 N–H and O–H groups in total. The Morgan fingerprint density at radius 1 is 1.00 bits per heavy atom. The van der Waals surface area contributed by atoms with Crippen molar-refractivity contribution in [3.63, 3.8) is 0 Å². The highest BCUT2D eigenvalue weighted by Gasteiger charge is 2.11. The molecule has 0 atom stereocenters. The van der Waals surface area contributed by atoms with Gasteiger partial charge in [0.15, 0.2) is 11.5 Å². The highest BCUT2D eigenvalue weighted by Crippen LogP contribution is 2.29. The second-order valence-electron chi connectivity index (χ2n) is 5.52. The normalized spacial score (nSPS) is 10.1. The van der Waals surface area contributed by atoms with E-state index in [1.165, 1.54) is 14.2 Å². The fourth-order valence-electron chi connectivity index (χ4n) is 2.37. The van der Waals surface area contributed by atoms with Crippen LogP contribution in [-0.2, 0) is 16.0 Å². The average molecular weight is 377 g/mol. The number of rotatable bonds is 8. The topological polar surface area (TPSA) is 76.7 Å². The predicted octanol–water partition coefficient (Wildman–Crippen LogP) is 3.04. The standard InChI is InChI=1S/C19H21ClN2O4/c1-25-16-7-6-15(11-17(16)26-2)22-19(24)12-18(23)21-9-8-13-4-3-5-14(20)10-13/h3-7,10-11H,8-9,12H2,1-2H3,(H,21,23)(H,22,24). The molecule has 0 aliphatic rings. The Bertz CT molecular complexity index is 780. The van der Waals surface area contributed by atoms with Crippen LogP contribution in [0.1, 0.15) is 12.0 Å². The van der Waals surface area contributed by atoms with Crippen LogP contribution in [0.25, 0.3) is 0 Å². The van der Waals surface area contributed by atoms with E-state index in [4.69, 9.17) is 21.1 Å². The maximum absolute atomic E-state index is 12.0. The maximum Gasteiger partial charge on any atom is 0.233 e. The van der Waals surface area contributed by atoms with Crippen molar-refractivity contribution in [2.75, 3.05) is 26.1 Å².